The quantitative estimate of drug-likeness (QED) is 0.842. The Kier molecular flexibility index (Phi) is 5.46. The van der Waals surface area contributed by atoms with E-state index in [1.807, 2.05) is 19.9 Å². The standard InChI is InChI=1S/C18H23N3O4/c1-10-7-8-15(24-6)14(9-10)18(23)25-13(4)17(22)19-16-11(2)20-21(5)12(16)3/h7-9,13H,1-6H3,(H,19,22). The van der Waals surface area contributed by atoms with Crippen molar-refractivity contribution in [3.8, 4) is 5.75 Å². The number of rotatable bonds is 5. The number of nitrogens with one attached hydrogen (secondary N) is 1. The number of amides is 1. The molecular weight excluding hydrogens is 322 g/mol. The molecule has 1 amide bonds. The van der Waals surface area contributed by atoms with Gasteiger partial charge in [-0.05, 0) is 39.8 Å². The number of anilines is 1. The number of hydrogen-bond donors (Lipinski definition) is 1. The van der Waals surface area contributed by atoms with Crippen LogP contribution in [0, 0.1) is 20.8 Å². The van der Waals surface area contributed by atoms with Gasteiger partial charge in [-0.1, -0.05) is 11.6 Å². The summed E-state index contributed by atoms with van der Waals surface area (Å²) in [6.45, 7) is 7.04. The molecule has 1 aromatic carbocycles. The largest absolute Gasteiger partial charge is 0.496 e. The second-order valence-electron chi connectivity index (χ2n) is 5.91. The van der Waals surface area contributed by atoms with Gasteiger partial charge in [0, 0.05) is 7.05 Å². The topological polar surface area (TPSA) is 82.4 Å². The second-order valence-corrected chi connectivity index (χ2v) is 5.91. The Labute approximate surface area is 146 Å². The van der Waals surface area contributed by atoms with Gasteiger partial charge in [0.1, 0.15) is 11.3 Å². The lowest BCUT2D eigenvalue weighted by Crippen LogP contribution is -2.30. The average molecular weight is 345 g/mol. The summed E-state index contributed by atoms with van der Waals surface area (Å²) in [5, 5.41) is 7.01. The van der Waals surface area contributed by atoms with Gasteiger partial charge in [0.25, 0.3) is 5.91 Å². The molecule has 1 atom stereocenters. The van der Waals surface area contributed by atoms with Crippen LogP contribution in [0.2, 0.25) is 0 Å². The minimum atomic E-state index is -0.961. The zero-order valence-corrected chi connectivity index (χ0v) is 15.3. The third-order valence-corrected chi connectivity index (χ3v) is 3.99. The molecule has 1 heterocycles. The van der Waals surface area contributed by atoms with Crippen molar-refractivity contribution in [2.45, 2.75) is 33.8 Å². The number of carbonyl (C=O) groups excluding carboxylic acids is 2. The van der Waals surface area contributed by atoms with E-state index in [1.54, 1.807) is 30.8 Å². The maximum absolute atomic E-state index is 12.4. The Bertz CT molecular complexity index is 811. The van der Waals surface area contributed by atoms with Crippen LogP contribution in [-0.2, 0) is 16.6 Å². The first-order chi connectivity index (χ1) is 11.7. The number of aromatic nitrogens is 2. The van der Waals surface area contributed by atoms with E-state index >= 15 is 0 Å². The maximum Gasteiger partial charge on any atom is 0.342 e. The molecule has 0 spiro atoms. The van der Waals surface area contributed by atoms with Crippen LogP contribution >= 0.6 is 0 Å². The molecule has 2 rings (SSSR count). The SMILES string of the molecule is COc1ccc(C)cc1C(=O)OC(C)C(=O)Nc1c(C)nn(C)c1C. The highest BCUT2D eigenvalue weighted by atomic mass is 16.5. The Morgan fingerprint density at radius 1 is 1.24 bits per heavy atom. The molecule has 0 saturated carbocycles. The summed E-state index contributed by atoms with van der Waals surface area (Å²) < 4.78 is 12.2. The maximum atomic E-state index is 12.4. The van der Waals surface area contributed by atoms with Gasteiger partial charge in [-0.25, -0.2) is 4.79 Å². The van der Waals surface area contributed by atoms with E-state index in [-0.39, 0.29) is 5.56 Å². The number of methoxy groups -OCH3 is 1. The Balaban J connectivity index is 2.11. The molecular formula is C18H23N3O4. The molecule has 25 heavy (non-hydrogen) atoms. The fraction of sp³-hybridized carbons (Fsp3) is 0.389. The van der Waals surface area contributed by atoms with Gasteiger partial charge in [0.2, 0.25) is 0 Å². The molecule has 0 bridgehead atoms. The second kappa shape index (κ2) is 7.38. The number of hydrogen-bond acceptors (Lipinski definition) is 5. The molecule has 2 aromatic rings. The van der Waals surface area contributed by atoms with Gasteiger partial charge < -0.3 is 14.8 Å². The van der Waals surface area contributed by atoms with E-state index in [0.717, 1.165) is 11.3 Å². The normalized spacial score (nSPS) is 11.8. The molecule has 134 valence electrons. The lowest BCUT2D eigenvalue weighted by atomic mass is 10.1. The Hall–Kier alpha value is -2.83. The fourth-order valence-corrected chi connectivity index (χ4v) is 2.44. The van der Waals surface area contributed by atoms with E-state index in [4.69, 9.17) is 9.47 Å². The van der Waals surface area contributed by atoms with Crippen molar-refractivity contribution in [3.05, 3.63) is 40.7 Å². The molecule has 7 heteroatoms. The van der Waals surface area contributed by atoms with Crippen molar-refractivity contribution < 1.29 is 19.1 Å². The van der Waals surface area contributed by atoms with Gasteiger partial charge in [-0.2, -0.15) is 5.10 Å². The summed E-state index contributed by atoms with van der Waals surface area (Å²) in [5.41, 5.74) is 3.34. The molecule has 1 N–H and O–H groups in total. The monoisotopic (exact) mass is 345 g/mol. The summed E-state index contributed by atoms with van der Waals surface area (Å²) in [4.78, 5) is 24.7. The average Bonchev–Trinajstić information content (AvgIpc) is 2.80. The lowest BCUT2D eigenvalue weighted by Gasteiger charge is -2.15. The van der Waals surface area contributed by atoms with Gasteiger partial charge in [-0.3, -0.25) is 9.48 Å². The summed E-state index contributed by atoms with van der Waals surface area (Å²) in [6, 6.07) is 5.19. The highest BCUT2D eigenvalue weighted by Crippen LogP contribution is 2.22. The van der Waals surface area contributed by atoms with Crippen LogP contribution in [0.25, 0.3) is 0 Å². The first-order valence-electron chi connectivity index (χ1n) is 7.91. The van der Waals surface area contributed by atoms with Crippen LogP contribution in [0.3, 0.4) is 0 Å². The summed E-state index contributed by atoms with van der Waals surface area (Å²) in [6.07, 6.45) is -0.961. The van der Waals surface area contributed by atoms with Crippen LogP contribution in [0.4, 0.5) is 5.69 Å². The number of nitrogens with zero attached hydrogens (tertiary/aromatic N) is 2. The molecule has 0 aliphatic carbocycles. The molecule has 0 fully saturated rings. The number of benzene rings is 1. The van der Waals surface area contributed by atoms with Crippen molar-refractivity contribution in [1.82, 2.24) is 9.78 Å². The van der Waals surface area contributed by atoms with Crippen LogP contribution in [0.1, 0.15) is 34.2 Å². The van der Waals surface area contributed by atoms with E-state index in [9.17, 15) is 9.59 Å². The summed E-state index contributed by atoms with van der Waals surface area (Å²) >= 11 is 0. The number of esters is 1. The fourth-order valence-electron chi connectivity index (χ4n) is 2.44. The third kappa shape index (κ3) is 3.99. The van der Waals surface area contributed by atoms with Crippen LogP contribution in [0.15, 0.2) is 18.2 Å². The molecule has 7 nitrogen and oxygen atoms in total. The zero-order valence-electron chi connectivity index (χ0n) is 15.3. The minimum Gasteiger partial charge on any atom is -0.496 e. The van der Waals surface area contributed by atoms with Crippen molar-refractivity contribution in [3.63, 3.8) is 0 Å². The minimum absolute atomic E-state index is 0.288. The van der Waals surface area contributed by atoms with Crippen molar-refractivity contribution in [2.75, 3.05) is 12.4 Å². The van der Waals surface area contributed by atoms with E-state index in [1.165, 1.54) is 14.0 Å². The third-order valence-electron chi connectivity index (χ3n) is 3.99. The summed E-state index contributed by atoms with van der Waals surface area (Å²) in [5.74, 6) is -0.621. The smallest absolute Gasteiger partial charge is 0.342 e. The van der Waals surface area contributed by atoms with E-state index in [2.05, 4.69) is 10.4 Å². The van der Waals surface area contributed by atoms with Crippen molar-refractivity contribution >= 4 is 17.6 Å². The lowest BCUT2D eigenvalue weighted by molar-refractivity contribution is -0.123. The molecule has 0 aliphatic heterocycles. The zero-order chi connectivity index (χ0) is 18.7. The van der Waals surface area contributed by atoms with Crippen LogP contribution in [-0.4, -0.2) is 34.9 Å². The molecule has 1 unspecified atom stereocenters. The number of aryl methyl sites for hydroxylation is 3. The highest BCUT2D eigenvalue weighted by molar-refractivity contribution is 5.98. The Morgan fingerprint density at radius 3 is 2.48 bits per heavy atom. The van der Waals surface area contributed by atoms with Crippen molar-refractivity contribution in [1.29, 1.82) is 0 Å². The highest BCUT2D eigenvalue weighted by Gasteiger charge is 2.23. The predicted molar refractivity (Wildman–Crippen MR) is 93.9 cm³/mol. The predicted octanol–water partition coefficient (Wildman–Crippen LogP) is 2.54. The van der Waals surface area contributed by atoms with Gasteiger partial charge >= 0.3 is 5.97 Å². The first kappa shape index (κ1) is 18.5. The van der Waals surface area contributed by atoms with Gasteiger partial charge in [0.15, 0.2) is 6.10 Å². The van der Waals surface area contributed by atoms with Gasteiger partial charge in [0.05, 0.1) is 24.2 Å². The number of ether oxygens (including phenoxy) is 2. The van der Waals surface area contributed by atoms with E-state index < -0.39 is 18.0 Å². The van der Waals surface area contributed by atoms with Crippen LogP contribution < -0.4 is 10.1 Å². The summed E-state index contributed by atoms with van der Waals surface area (Å²) in [7, 11) is 3.27. The first-order valence-corrected chi connectivity index (χ1v) is 7.91. The molecule has 0 aliphatic rings. The number of carbonyl (C=O) groups is 2. The molecule has 0 saturated heterocycles. The molecule has 0 radical (unpaired) electrons. The van der Waals surface area contributed by atoms with Crippen LogP contribution in [0.5, 0.6) is 5.75 Å². The van der Waals surface area contributed by atoms with Crippen molar-refractivity contribution in [2.24, 2.45) is 7.05 Å². The van der Waals surface area contributed by atoms with E-state index in [0.29, 0.717) is 17.1 Å². The van der Waals surface area contributed by atoms with Gasteiger partial charge in [-0.15, -0.1) is 0 Å². The molecule has 1 aromatic heterocycles. The Morgan fingerprint density at radius 2 is 1.92 bits per heavy atom.